The van der Waals surface area contributed by atoms with E-state index in [9.17, 15) is 4.79 Å². The average molecular weight is 427 g/mol. The topological polar surface area (TPSA) is 75.1 Å². The summed E-state index contributed by atoms with van der Waals surface area (Å²) in [6.45, 7) is 14.2. The Morgan fingerprint density at radius 3 is 2.60 bits per heavy atom. The van der Waals surface area contributed by atoms with Gasteiger partial charge in [0.1, 0.15) is 11.9 Å². The minimum Gasteiger partial charge on any atom is -0.397 e. The Bertz CT molecular complexity index is 1030. The summed E-state index contributed by atoms with van der Waals surface area (Å²) in [7, 11) is -2.01. The third-order valence-corrected chi connectivity index (χ3v) is 10.7. The molecule has 0 saturated heterocycles. The van der Waals surface area contributed by atoms with Crippen molar-refractivity contribution in [2.75, 3.05) is 0 Å². The summed E-state index contributed by atoms with van der Waals surface area (Å²) < 4.78 is 11.0. The van der Waals surface area contributed by atoms with E-state index >= 15 is 0 Å². The lowest BCUT2D eigenvalue weighted by molar-refractivity contribution is 0.0984. The number of imidazole rings is 1. The Hall–Kier alpha value is -2.38. The normalized spacial score (nSPS) is 13.7. The molecule has 1 aromatic carbocycles. The molecular formula is C23H34N4O2Si. The van der Waals surface area contributed by atoms with Crippen molar-refractivity contribution >= 4 is 25.1 Å². The van der Waals surface area contributed by atoms with Crippen molar-refractivity contribution in [2.45, 2.75) is 71.4 Å². The van der Waals surface area contributed by atoms with Crippen LogP contribution >= 0.6 is 0 Å². The molecule has 1 amide bonds. The lowest BCUT2D eigenvalue weighted by atomic mass is 10.2. The second-order valence-electron chi connectivity index (χ2n) is 9.54. The Balaban J connectivity index is 1.79. The number of aromatic nitrogens is 3. The Kier molecular flexibility index (Phi) is 6.24. The molecule has 1 unspecified atom stereocenters. The van der Waals surface area contributed by atoms with Crippen LogP contribution in [0.15, 0.2) is 42.9 Å². The maximum atomic E-state index is 11.5. The number of hydrogen-bond acceptors (Lipinski definition) is 3. The number of amides is 1. The molecule has 2 heterocycles. The number of nitrogens with zero attached hydrogens (tertiary/aromatic N) is 3. The zero-order chi connectivity index (χ0) is 22.1. The Morgan fingerprint density at radius 1 is 1.27 bits per heavy atom. The van der Waals surface area contributed by atoms with E-state index < -0.39 is 14.2 Å². The predicted octanol–water partition coefficient (Wildman–Crippen LogP) is 5.25. The van der Waals surface area contributed by atoms with Gasteiger partial charge in [0, 0.05) is 24.0 Å². The first kappa shape index (κ1) is 22.3. The highest BCUT2D eigenvalue weighted by Gasteiger charge is 2.39. The van der Waals surface area contributed by atoms with Gasteiger partial charge in [0.05, 0.1) is 6.33 Å². The minimum absolute atomic E-state index is 0.0889. The molecule has 0 spiro atoms. The van der Waals surface area contributed by atoms with E-state index in [0.29, 0.717) is 0 Å². The van der Waals surface area contributed by atoms with E-state index in [1.807, 2.05) is 4.57 Å². The smallest absolute Gasteiger partial charge is 0.268 e. The molecule has 0 bridgehead atoms. The molecule has 1 atom stereocenters. The summed E-state index contributed by atoms with van der Waals surface area (Å²) in [5, 5.41) is 1.36. The van der Waals surface area contributed by atoms with Gasteiger partial charge >= 0.3 is 0 Å². The molecule has 2 N–H and O–H groups in total. The van der Waals surface area contributed by atoms with E-state index in [1.54, 1.807) is 12.5 Å². The first-order valence-corrected chi connectivity index (χ1v) is 13.5. The zero-order valence-electron chi connectivity index (χ0n) is 19.0. The van der Waals surface area contributed by atoms with E-state index in [2.05, 4.69) is 80.7 Å². The van der Waals surface area contributed by atoms with Crippen LogP contribution in [0, 0.1) is 6.92 Å². The number of primary amides is 1. The van der Waals surface area contributed by atoms with Crippen LogP contribution in [0.1, 0.15) is 56.0 Å². The summed E-state index contributed by atoms with van der Waals surface area (Å²) in [5.74, 6) is -0.519. The lowest BCUT2D eigenvalue weighted by Crippen LogP contribution is -2.42. The fraction of sp³-hybridized carbons (Fsp3) is 0.478. The number of rotatable bonds is 8. The number of nitrogens with two attached hydrogens (primary N) is 1. The molecule has 2 aromatic heterocycles. The van der Waals surface area contributed by atoms with E-state index in [-0.39, 0.29) is 17.0 Å². The predicted molar refractivity (Wildman–Crippen MR) is 124 cm³/mol. The van der Waals surface area contributed by atoms with Gasteiger partial charge in [-0.15, -0.1) is 0 Å². The third kappa shape index (κ3) is 4.68. The van der Waals surface area contributed by atoms with Crippen LogP contribution in [0.25, 0.3) is 10.9 Å². The summed E-state index contributed by atoms with van der Waals surface area (Å²) in [6, 6.07) is 10.7. The van der Waals surface area contributed by atoms with Gasteiger partial charge < -0.3 is 19.3 Å². The van der Waals surface area contributed by atoms with Crippen LogP contribution in [-0.4, -0.2) is 28.3 Å². The van der Waals surface area contributed by atoms with Gasteiger partial charge in [-0.2, -0.15) is 0 Å². The highest BCUT2D eigenvalue weighted by Crippen LogP contribution is 2.39. The van der Waals surface area contributed by atoms with Gasteiger partial charge in [0.25, 0.3) is 5.91 Å². The quantitative estimate of drug-likeness (QED) is 0.500. The molecule has 162 valence electrons. The first-order chi connectivity index (χ1) is 14.0. The van der Waals surface area contributed by atoms with Crippen molar-refractivity contribution in [3.8, 4) is 0 Å². The average Bonchev–Trinajstić information content (AvgIpc) is 3.25. The lowest BCUT2D eigenvalue weighted by Gasteiger charge is -2.39. The fourth-order valence-electron chi connectivity index (χ4n) is 3.48. The van der Waals surface area contributed by atoms with E-state index in [4.69, 9.17) is 10.2 Å². The van der Waals surface area contributed by atoms with Crippen LogP contribution in [-0.2, 0) is 11.0 Å². The highest BCUT2D eigenvalue weighted by atomic mass is 28.4. The molecule has 3 rings (SSSR count). The van der Waals surface area contributed by atoms with Gasteiger partial charge in [0.2, 0.25) is 0 Å². The Labute approximate surface area is 180 Å². The van der Waals surface area contributed by atoms with Gasteiger partial charge in [-0.3, -0.25) is 4.79 Å². The molecular weight excluding hydrogens is 392 g/mol. The van der Waals surface area contributed by atoms with Crippen LogP contribution in [0.3, 0.4) is 0 Å². The summed E-state index contributed by atoms with van der Waals surface area (Å²) in [5.41, 5.74) is 8.20. The molecule has 7 heteroatoms. The van der Waals surface area contributed by atoms with Crippen molar-refractivity contribution in [3.05, 3.63) is 54.2 Å². The van der Waals surface area contributed by atoms with E-state index in [0.717, 1.165) is 19.4 Å². The van der Waals surface area contributed by atoms with Crippen LogP contribution < -0.4 is 5.73 Å². The second kappa shape index (κ2) is 8.39. The molecule has 0 fully saturated rings. The Morgan fingerprint density at radius 2 is 1.97 bits per heavy atom. The molecule has 0 aliphatic rings. The number of hydrogen-bond donors (Lipinski definition) is 1. The zero-order valence-corrected chi connectivity index (χ0v) is 20.0. The highest BCUT2D eigenvalue weighted by molar-refractivity contribution is 6.74. The fourth-order valence-corrected chi connectivity index (χ4v) is 4.75. The van der Waals surface area contributed by atoms with Gasteiger partial charge in [-0.05, 0) is 55.4 Å². The molecule has 0 aliphatic heterocycles. The van der Waals surface area contributed by atoms with Gasteiger partial charge in [-0.25, -0.2) is 4.98 Å². The van der Waals surface area contributed by atoms with Crippen molar-refractivity contribution < 1.29 is 9.22 Å². The molecule has 30 heavy (non-hydrogen) atoms. The third-order valence-electron chi connectivity index (χ3n) is 6.27. The van der Waals surface area contributed by atoms with Crippen molar-refractivity contribution in [1.82, 2.24) is 14.1 Å². The number of benzene rings is 1. The number of carbonyl (C=O) groups excluding carboxylic acids is 1. The van der Waals surface area contributed by atoms with Crippen molar-refractivity contribution in [2.24, 2.45) is 5.73 Å². The monoisotopic (exact) mass is 426 g/mol. The first-order valence-electron chi connectivity index (χ1n) is 10.6. The molecule has 3 aromatic rings. The number of carbonyl (C=O) groups is 1. The second-order valence-corrected chi connectivity index (χ2v) is 14.3. The molecule has 0 saturated carbocycles. The van der Waals surface area contributed by atoms with Gasteiger partial charge in [0.15, 0.2) is 8.32 Å². The molecule has 0 radical (unpaired) electrons. The number of para-hydroxylation sites is 1. The molecule has 6 nitrogen and oxygen atoms in total. The van der Waals surface area contributed by atoms with Gasteiger partial charge in [-0.1, -0.05) is 39.0 Å². The van der Waals surface area contributed by atoms with Crippen LogP contribution in [0.4, 0.5) is 0 Å². The van der Waals surface area contributed by atoms with Crippen LogP contribution in [0.2, 0.25) is 18.1 Å². The summed E-state index contributed by atoms with van der Waals surface area (Å²) in [6.07, 6.45) is 4.97. The maximum Gasteiger partial charge on any atom is 0.268 e. The largest absolute Gasteiger partial charge is 0.397 e. The van der Waals surface area contributed by atoms with Crippen molar-refractivity contribution in [1.29, 1.82) is 0 Å². The SMILES string of the molecule is Cc1cc2ccccc2n1CCCC(O[Si](C)(C)C(C)(C)C)n1cnc(C(N)=O)c1. The van der Waals surface area contributed by atoms with Crippen molar-refractivity contribution in [3.63, 3.8) is 0 Å². The summed E-state index contributed by atoms with van der Waals surface area (Å²) in [4.78, 5) is 15.7. The molecule has 0 aliphatic carbocycles. The standard InChI is InChI=1S/C23H34N4O2Si/c1-17-14-18-10-7-8-11-20(18)27(17)13-9-12-21(29-30(5,6)23(2,3)4)26-15-19(22(24)28)25-16-26/h7-8,10-11,14-16,21H,9,12-13H2,1-6H3,(H2,24,28). The number of fused-ring (bicyclic) bond motifs is 1. The maximum absolute atomic E-state index is 11.5. The minimum atomic E-state index is -2.01. The summed E-state index contributed by atoms with van der Waals surface area (Å²) >= 11 is 0. The van der Waals surface area contributed by atoms with E-state index in [1.165, 1.54) is 16.6 Å². The number of aryl methyl sites for hydroxylation is 2. The van der Waals surface area contributed by atoms with Crippen LogP contribution in [0.5, 0.6) is 0 Å².